The summed E-state index contributed by atoms with van der Waals surface area (Å²) >= 11 is 1.77. The van der Waals surface area contributed by atoms with Gasteiger partial charge >= 0.3 is 0 Å². The molecule has 0 radical (unpaired) electrons. The highest BCUT2D eigenvalue weighted by Crippen LogP contribution is 2.32. The number of benzene rings is 1. The van der Waals surface area contributed by atoms with E-state index in [0.717, 1.165) is 17.0 Å². The molecule has 1 aromatic carbocycles. The Morgan fingerprint density at radius 1 is 1.05 bits per heavy atom. The van der Waals surface area contributed by atoms with E-state index in [1.807, 2.05) is 13.8 Å². The minimum Gasteiger partial charge on any atom is -0.326 e. The number of rotatable bonds is 3. The Balaban J connectivity index is 2.39. The molecule has 0 aliphatic heterocycles. The van der Waals surface area contributed by atoms with Crippen LogP contribution < -0.4 is 5.73 Å². The van der Waals surface area contributed by atoms with E-state index < -0.39 is 0 Å². The van der Waals surface area contributed by atoms with Crippen LogP contribution in [0.3, 0.4) is 0 Å². The van der Waals surface area contributed by atoms with E-state index in [1.54, 1.807) is 11.8 Å². The van der Waals surface area contributed by atoms with Crippen molar-refractivity contribution in [2.45, 2.75) is 44.0 Å². The van der Waals surface area contributed by atoms with E-state index in [2.05, 4.69) is 43.1 Å². The first-order valence-corrected chi connectivity index (χ1v) is 7.25. The summed E-state index contributed by atoms with van der Waals surface area (Å²) in [5.41, 5.74) is 11.7. The molecule has 0 saturated carbocycles. The topological polar surface area (TPSA) is 38.9 Å². The first kappa shape index (κ1) is 14.1. The lowest BCUT2D eigenvalue weighted by Crippen LogP contribution is -2.04. The van der Waals surface area contributed by atoms with Gasteiger partial charge in [0, 0.05) is 33.3 Å². The van der Waals surface area contributed by atoms with E-state index in [0.29, 0.717) is 6.54 Å². The molecule has 2 aromatic rings. The van der Waals surface area contributed by atoms with Gasteiger partial charge in [0.1, 0.15) is 0 Å². The second kappa shape index (κ2) is 5.76. The molecule has 0 bridgehead atoms. The molecule has 2 rings (SSSR count). The minimum absolute atomic E-state index is 0.534. The summed E-state index contributed by atoms with van der Waals surface area (Å²) in [4.78, 5) is 6.96. The maximum atomic E-state index is 5.86. The SMILES string of the molecule is Cc1cc(Sc2ccc(C)c(C)c2)c(CN)c(C)n1. The van der Waals surface area contributed by atoms with Crippen molar-refractivity contribution in [2.75, 3.05) is 0 Å². The van der Waals surface area contributed by atoms with Gasteiger partial charge in [-0.25, -0.2) is 0 Å². The van der Waals surface area contributed by atoms with Crippen molar-refractivity contribution in [2.24, 2.45) is 5.73 Å². The van der Waals surface area contributed by atoms with Gasteiger partial charge in [0.15, 0.2) is 0 Å². The molecule has 2 N–H and O–H groups in total. The predicted molar refractivity (Wildman–Crippen MR) is 81.6 cm³/mol. The first-order valence-electron chi connectivity index (χ1n) is 6.43. The van der Waals surface area contributed by atoms with Crippen LogP contribution in [0.5, 0.6) is 0 Å². The van der Waals surface area contributed by atoms with Gasteiger partial charge in [-0.15, -0.1) is 0 Å². The molecule has 0 fully saturated rings. The summed E-state index contributed by atoms with van der Waals surface area (Å²) < 4.78 is 0. The molecule has 1 aromatic heterocycles. The zero-order valence-corrected chi connectivity index (χ0v) is 12.8. The van der Waals surface area contributed by atoms with Gasteiger partial charge in [-0.05, 0) is 57.0 Å². The molecule has 100 valence electrons. The predicted octanol–water partition coefficient (Wildman–Crippen LogP) is 3.93. The Morgan fingerprint density at radius 2 is 1.79 bits per heavy atom. The first-order chi connectivity index (χ1) is 9.01. The standard InChI is InChI=1S/C16H20N2S/c1-10-5-6-14(7-11(10)2)19-16-8-12(3)18-13(4)15(16)9-17/h5-8H,9,17H2,1-4H3. The van der Waals surface area contributed by atoms with Crippen molar-refractivity contribution in [3.05, 3.63) is 52.3 Å². The summed E-state index contributed by atoms with van der Waals surface area (Å²) in [5, 5.41) is 0. The third-order valence-electron chi connectivity index (χ3n) is 3.33. The Hall–Kier alpha value is -1.32. The van der Waals surface area contributed by atoms with E-state index in [1.165, 1.54) is 20.9 Å². The van der Waals surface area contributed by atoms with Crippen molar-refractivity contribution in [3.63, 3.8) is 0 Å². The van der Waals surface area contributed by atoms with Gasteiger partial charge in [0.05, 0.1) is 0 Å². The fourth-order valence-corrected chi connectivity index (χ4v) is 3.27. The Morgan fingerprint density at radius 3 is 2.42 bits per heavy atom. The molecule has 0 aliphatic rings. The average molecular weight is 272 g/mol. The van der Waals surface area contributed by atoms with Crippen molar-refractivity contribution >= 4 is 11.8 Å². The van der Waals surface area contributed by atoms with Crippen LogP contribution in [0.2, 0.25) is 0 Å². The molecule has 0 amide bonds. The fourth-order valence-electron chi connectivity index (χ4n) is 2.06. The van der Waals surface area contributed by atoms with Crippen LogP contribution in [0, 0.1) is 27.7 Å². The smallest absolute Gasteiger partial charge is 0.0432 e. The van der Waals surface area contributed by atoms with Gasteiger partial charge in [-0.3, -0.25) is 4.98 Å². The van der Waals surface area contributed by atoms with Gasteiger partial charge < -0.3 is 5.73 Å². The van der Waals surface area contributed by atoms with E-state index >= 15 is 0 Å². The highest BCUT2D eigenvalue weighted by Gasteiger charge is 2.09. The maximum absolute atomic E-state index is 5.86. The van der Waals surface area contributed by atoms with E-state index in [9.17, 15) is 0 Å². The van der Waals surface area contributed by atoms with Crippen LogP contribution in [0.1, 0.15) is 28.1 Å². The lowest BCUT2D eigenvalue weighted by molar-refractivity contribution is 0.945. The summed E-state index contributed by atoms with van der Waals surface area (Å²) in [5.74, 6) is 0. The highest BCUT2D eigenvalue weighted by atomic mass is 32.2. The normalized spacial score (nSPS) is 10.8. The number of aryl methyl sites for hydroxylation is 4. The Bertz CT molecular complexity index is 606. The van der Waals surface area contributed by atoms with Crippen LogP contribution in [-0.2, 0) is 6.54 Å². The molecule has 0 aliphatic carbocycles. The maximum Gasteiger partial charge on any atom is 0.0432 e. The van der Waals surface area contributed by atoms with Gasteiger partial charge in [-0.2, -0.15) is 0 Å². The second-order valence-corrected chi connectivity index (χ2v) is 5.99. The van der Waals surface area contributed by atoms with Crippen LogP contribution in [-0.4, -0.2) is 4.98 Å². The number of hydrogen-bond donors (Lipinski definition) is 1. The Kier molecular flexibility index (Phi) is 4.27. The highest BCUT2D eigenvalue weighted by molar-refractivity contribution is 7.99. The van der Waals surface area contributed by atoms with Crippen molar-refractivity contribution < 1.29 is 0 Å². The van der Waals surface area contributed by atoms with Crippen molar-refractivity contribution in [1.29, 1.82) is 0 Å². The van der Waals surface area contributed by atoms with Crippen LogP contribution in [0.25, 0.3) is 0 Å². The third kappa shape index (κ3) is 3.17. The zero-order valence-electron chi connectivity index (χ0n) is 11.9. The third-order valence-corrected chi connectivity index (χ3v) is 4.40. The largest absolute Gasteiger partial charge is 0.326 e. The monoisotopic (exact) mass is 272 g/mol. The van der Waals surface area contributed by atoms with Crippen molar-refractivity contribution in [1.82, 2.24) is 4.98 Å². The molecule has 0 spiro atoms. The summed E-state index contributed by atoms with van der Waals surface area (Å²) in [6.45, 7) is 8.87. The number of aromatic nitrogens is 1. The lowest BCUT2D eigenvalue weighted by atomic mass is 10.1. The fraction of sp³-hybridized carbons (Fsp3) is 0.312. The zero-order chi connectivity index (χ0) is 14.0. The molecule has 0 unspecified atom stereocenters. The van der Waals surface area contributed by atoms with Crippen LogP contribution in [0.4, 0.5) is 0 Å². The number of hydrogen-bond acceptors (Lipinski definition) is 3. The van der Waals surface area contributed by atoms with Crippen LogP contribution in [0.15, 0.2) is 34.1 Å². The second-order valence-electron chi connectivity index (χ2n) is 4.88. The minimum atomic E-state index is 0.534. The van der Waals surface area contributed by atoms with Crippen LogP contribution >= 0.6 is 11.8 Å². The number of nitrogens with two attached hydrogens (primary N) is 1. The van der Waals surface area contributed by atoms with E-state index in [-0.39, 0.29) is 0 Å². The van der Waals surface area contributed by atoms with Gasteiger partial charge in [0.25, 0.3) is 0 Å². The van der Waals surface area contributed by atoms with E-state index in [4.69, 9.17) is 5.73 Å². The Labute approximate surface area is 119 Å². The molecule has 1 heterocycles. The average Bonchev–Trinajstić information content (AvgIpc) is 2.33. The quantitative estimate of drug-likeness (QED) is 0.920. The molecular weight excluding hydrogens is 252 g/mol. The molecule has 3 heteroatoms. The molecule has 2 nitrogen and oxygen atoms in total. The lowest BCUT2D eigenvalue weighted by Gasteiger charge is -2.12. The summed E-state index contributed by atoms with van der Waals surface area (Å²) in [7, 11) is 0. The van der Waals surface area contributed by atoms with Gasteiger partial charge in [0.2, 0.25) is 0 Å². The number of nitrogens with zero attached hydrogens (tertiary/aromatic N) is 1. The summed E-state index contributed by atoms with van der Waals surface area (Å²) in [6, 6.07) is 8.68. The molecule has 19 heavy (non-hydrogen) atoms. The number of pyridine rings is 1. The molecular formula is C16H20N2S. The molecule has 0 atom stereocenters. The molecule has 0 saturated heterocycles. The van der Waals surface area contributed by atoms with Gasteiger partial charge in [-0.1, -0.05) is 17.8 Å². The summed E-state index contributed by atoms with van der Waals surface area (Å²) in [6.07, 6.45) is 0. The van der Waals surface area contributed by atoms with Crippen molar-refractivity contribution in [3.8, 4) is 0 Å².